The standard InChI is InChI=1S/C16H27N3O/c1-7-8-9-10-16(20)19(12(2)3)11-15-13(4)17-18(6)14(15)5/h8-9,12H,7,10-11H2,1-6H3/b9-8+. The van der Waals surface area contributed by atoms with Crippen LogP contribution in [0.1, 0.15) is 50.6 Å². The molecule has 4 heteroatoms. The van der Waals surface area contributed by atoms with Crippen LogP contribution in [0, 0.1) is 13.8 Å². The highest BCUT2D eigenvalue weighted by molar-refractivity contribution is 5.78. The van der Waals surface area contributed by atoms with Gasteiger partial charge in [0.25, 0.3) is 0 Å². The van der Waals surface area contributed by atoms with Crippen molar-refractivity contribution in [3.05, 3.63) is 29.1 Å². The van der Waals surface area contributed by atoms with Crippen molar-refractivity contribution in [1.82, 2.24) is 14.7 Å². The Kier molecular flexibility index (Phi) is 5.99. The lowest BCUT2D eigenvalue weighted by Crippen LogP contribution is -2.36. The molecule has 0 spiro atoms. The highest BCUT2D eigenvalue weighted by atomic mass is 16.2. The zero-order valence-corrected chi connectivity index (χ0v) is 13.6. The second kappa shape index (κ2) is 7.27. The maximum Gasteiger partial charge on any atom is 0.226 e. The fourth-order valence-corrected chi connectivity index (χ4v) is 2.24. The van der Waals surface area contributed by atoms with Crippen molar-refractivity contribution in [3.8, 4) is 0 Å². The van der Waals surface area contributed by atoms with Gasteiger partial charge in [-0.3, -0.25) is 9.48 Å². The molecular formula is C16H27N3O. The van der Waals surface area contributed by atoms with Gasteiger partial charge in [-0.1, -0.05) is 19.1 Å². The van der Waals surface area contributed by atoms with Crippen LogP contribution in [0.15, 0.2) is 12.2 Å². The van der Waals surface area contributed by atoms with Gasteiger partial charge in [-0.05, 0) is 34.1 Å². The van der Waals surface area contributed by atoms with Gasteiger partial charge in [0, 0.05) is 37.3 Å². The van der Waals surface area contributed by atoms with Crippen molar-refractivity contribution >= 4 is 5.91 Å². The zero-order valence-electron chi connectivity index (χ0n) is 13.6. The summed E-state index contributed by atoms with van der Waals surface area (Å²) in [5.41, 5.74) is 3.30. The number of aryl methyl sites for hydroxylation is 2. The number of carbonyl (C=O) groups is 1. The number of hydrogen-bond donors (Lipinski definition) is 0. The first-order valence-electron chi connectivity index (χ1n) is 7.32. The molecule has 0 radical (unpaired) electrons. The highest BCUT2D eigenvalue weighted by Crippen LogP contribution is 2.17. The molecule has 1 rings (SSSR count). The Bertz CT molecular complexity index is 486. The van der Waals surface area contributed by atoms with Crippen LogP contribution in [0.2, 0.25) is 0 Å². The lowest BCUT2D eigenvalue weighted by Gasteiger charge is -2.26. The minimum Gasteiger partial charge on any atom is -0.336 e. The molecule has 0 aliphatic heterocycles. The number of hydrogen-bond acceptors (Lipinski definition) is 2. The van der Waals surface area contributed by atoms with Crippen LogP contribution in [0.4, 0.5) is 0 Å². The molecule has 112 valence electrons. The topological polar surface area (TPSA) is 38.1 Å². The third kappa shape index (κ3) is 3.95. The average molecular weight is 277 g/mol. The van der Waals surface area contributed by atoms with Gasteiger partial charge in [0.1, 0.15) is 0 Å². The SMILES string of the molecule is CC/C=C/CC(=O)N(Cc1c(C)nn(C)c1C)C(C)C. The van der Waals surface area contributed by atoms with Crippen molar-refractivity contribution in [2.75, 3.05) is 0 Å². The van der Waals surface area contributed by atoms with Crippen molar-refractivity contribution in [2.45, 2.75) is 60.0 Å². The summed E-state index contributed by atoms with van der Waals surface area (Å²) >= 11 is 0. The minimum absolute atomic E-state index is 0.173. The largest absolute Gasteiger partial charge is 0.336 e. The molecule has 0 N–H and O–H groups in total. The van der Waals surface area contributed by atoms with E-state index in [1.807, 2.05) is 35.7 Å². The summed E-state index contributed by atoms with van der Waals surface area (Å²) in [6.45, 7) is 10.9. The van der Waals surface area contributed by atoms with E-state index in [9.17, 15) is 4.79 Å². The summed E-state index contributed by atoms with van der Waals surface area (Å²) in [6.07, 6.45) is 5.44. The minimum atomic E-state index is 0.173. The van der Waals surface area contributed by atoms with E-state index in [2.05, 4.69) is 32.8 Å². The summed E-state index contributed by atoms with van der Waals surface area (Å²) in [5.74, 6) is 0.173. The van der Waals surface area contributed by atoms with Crippen molar-refractivity contribution in [3.63, 3.8) is 0 Å². The Morgan fingerprint density at radius 2 is 2.00 bits per heavy atom. The number of allylic oxidation sites excluding steroid dienone is 1. The van der Waals surface area contributed by atoms with Gasteiger partial charge >= 0.3 is 0 Å². The van der Waals surface area contributed by atoms with E-state index in [1.165, 1.54) is 0 Å². The molecule has 0 bridgehead atoms. The van der Waals surface area contributed by atoms with E-state index in [0.717, 1.165) is 23.4 Å². The normalized spacial score (nSPS) is 11.6. The molecule has 0 saturated carbocycles. The van der Waals surface area contributed by atoms with Crippen LogP contribution >= 0.6 is 0 Å². The van der Waals surface area contributed by atoms with Gasteiger partial charge in [-0.25, -0.2) is 0 Å². The quantitative estimate of drug-likeness (QED) is 0.749. The number of rotatable bonds is 6. The Morgan fingerprint density at radius 3 is 2.45 bits per heavy atom. The lowest BCUT2D eigenvalue weighted by molar-refractivity contribution is -0.132. The molecule has 4 nitrogen and oxygen atoms in total. The van der Waals surface area contributed by atoms with Crippen molar-refractivity contribution < 1.29 is 4.79 Å². The fraction of sp³-hybridized carbons (Fsp3) is 0.625. The third-order valence-corrected chi connectivity index (χ3v) is 3.63. The first kappa shape index (κ1) is 16.5. The lowest BCUT2D eigenvalue weighted by atomic mass is 10.1. The van der Waals surface area contributed by atoms with Gasteiger partial charge in [0.2, 0.25) is 5.91 Å². The van der Waals surface area contributed by atoms with Crippen molar-refractivity contribution in [2.24, 2.45) is 7.05 Å². The third-order valence-electron chi connectivity index (χ3n) is 3.63. The zero-order chi connectivity index (χ0) is 15.3. The number of aromatic nitrogens is 2. The van der Waals surface area contributed by atoms with Crippen LogP contribution in [0.3, 0.4) is 0 Å². The smallest absolute Gasteiger partial charge is 0.226 e. The molecule has 0 aliphatic carbocycles. The van der Waals surface area contributed by atoms with E-state index in [1.54, 1.807) is 0 Å². The molecule has 1 aromatic rings. The monoisotopic (exact) mass is 277 g/mol. The van der Waals surface area contributed by atoms with E-state index in [4.69, 9.17) is 0 Å². The summed E-state index contributed by atoms with van der Waals surface area (Å²) in [4.78, 5) is 14.3. The number of carbonyl (C=O) groups excluding carboxylic acids is 1. The molecule has 0 saturated heterocycles. The van der Waals surface area contributed by atoms with E-state index >= 15 is 0 Å². The van der Waals surface area contributed by atoms with Gasteiger partial charge in [0.05, 0.1) is 5.69 Å². The molecule has 0 aliphatic rings. The Balaban J connectivity index is 2.87. The molecule has 1 amide bonds. The van der Waals surface area contributed by atoms with E-state index < -0.39 is 0 Å². The number of nitrogens with zero attached hydrogens (tertiary/aromatic N) is 3. The highest BCUT2D eigenvalue weighted by Gasteiger charge is 2.20. The second-order valence-electron chi connectivity index (χ2n) is 5.47. The second-order valence-corrected chi connectivity index (χ2v) is 5.47. The molecule has 1 heterocycles. The predicted molar refractivity (Wildman–Crippen MR) is 82.4 cm³/mol. The predicted octanol–water partition coefficient (Wildman–Crippen LogP) is 3.13. The van der Waals surface area contributed by atoms with Crippen LogP contribution in [0.25, 0.3) is 0 Å². The fourth-order valence-electron chi connectivity index (χ4n) is 2.24. The van der Waals surface area contributed by atoms with E-state index in [-0.39, 0.29) is 11.9 Å². The average Bonchev–Trinajstić information content (AvgIpc) is 2.61. The van der Waals surface area contributed by atoms with Crippen molar-refractivity contribution in [1.29, 1.82) is 0 Å². The molecule has 0 unspecified atom stereocenters. The summed E-state index contributed by atoms with van der Waals surface area (Å²) in [5, 5.41) is 4.42. The molecule has 0 atom stereocenters. The van der Waals surface area contributed by atoms with Crippen LogP contribution in [-0.2, 0) is 18.4 Å². The van der Waals surface area contributed by atoms with E-state index in [0.29, 0.717) is 13.0 Å². The van der Waals surface area contributed by atoms with Gasteiger partial charge in [-0.15, -0.1) is 0 Å². The Labute approximate surface area is 122 Å². The molecule has 20 heavy (non-hydrogen) atoms. The molecule has 1 aromatic heterocycles. The van der Waals surface area contributed by atoms with Gasteiger partial charge in [-0.2, -0.15) is 5.10 Å². The maximum atomic E-state index is 12.3. The van der Waals surface area contributed by atoms with Gasteiger partial charge in [0.15, 0.2) is 0 Å². The first-order chi connectivity index (χ1) is 9.38. The summed E-state index contributed by atoms with van der Waals surface area (Å²) in [7, 11) is 1.94. The van der Waals surface area contributed by atoms with Crippen LogP contribution in [0.5, 0.6) is 0 Å². The Morgan fingerprint density at radius 1 is 1.35 bits per heavy atom. The number of amides is 1. The Hall–Kier alpha value is -1.58. The molecule has 0 aromatic carbocycles. The van der Waals surface area contributed by atoms with Gasteiger partial charge < -0.3 is 4.90 Å². The maximum absolute atomic E-state index is 12.3. The summed E-state index contributed by atoms with van der Waals surface area (Å²) < 4.78 is 1.88. The molecule has 0 fully saturated rings. The molecular weight excluding hydrogens is 250 g/mol. The first-order valence-corrected chi connectivity index (χ1v) is 7.32. The van der Waals surface area contributed by atoms with Crippen LogP contribution in [-0.4, -0.2) is 26.6 Å². The summed E-state index contributed by atoms with van der Waals surface area (Å²) in [6, 6.07) is 0.191. The van der Waals surface area contributed by atoms with Crippen LogP contribution < -0.4 is 0 Å².